The van der Waals surface area contributed by atoms with Crippen LogP contribution in [0.25, 0.3) is 0 Å². The highest BCUT2D eigenvalue weighted by atomic mass is 19.3. The van der Waals surface area contributed by atoms with E-state index < -0.39 is 6.61 Å². The lowest BCUT2D eigenvalue weighted by Crippen LogP contribution is -2.02. The zero-order valence-electron chi connectivity index (χ0n) is 6.97. The Hall–Kier alpha value is -1.12. The van der Waals surface area contributed by atoms with Crippen LogP contribution in [0.15, 0.2) is 18.2 Å². The minimum atomic E-state index is -2.76. The van der Waals surface area contributed by atoms with E-state index >= 15 is 0 Å². The highest BCUT2D eigenvalue weighted by Gasteiger charge is 2.23. The fourth-order valence-corrected chi connectivity index (χ4v) is 1.30. The SMILES string of the molecule is FC(F)Oc1[c]ccc(C2CC2)c1. The van der Waals surface area contributed by atoms with Gasteiger partial charge in [0.2, 0.25) is 0 Å². The van der Waals surface area contributed by atoms with Crippen molar-refractivity contribution in [2.45, 2.75) is 25.4 Å². The Bertz CT molecular complexity index is 295. The molecule has 0 atom stereocenters. The van der Waals surface area contributed by atoms with Crippen LogP contribution in [0.1, 0.15) is 24.3 Å². The molecule has 1 nitrogen and oxygen atoms in total. The van der Waals surface area contributed by atoms with Crippen LogP contribution in [0.4, 0.5) is 8.78 Å². The molecule has 1 aromatic carbocycles. The fraction of sp³-hybridized carbons (Fsp3) is 0.400. The molecular formula is C10H9F2O. The van der Waals surface area contributed by atoms with Crippen molar-refractivity contribution >= 4 is 0 Å². The van der Waals surface area contributed by atoms with Crippen molar-refractivity contribution < 1.29 is 13.5 Å². The molecule has 1 aliphatic carbocycles. The van der Waals surface area contributed by atoms with Crippen molar-refractivity contribution in [2.75, 3.05) is 0 Å². The lowest BCUT2D eigenvalue weighted by atomic mass is 10.1. The molecule has 0 bridgehead atoms. The third-order valence-electron chi connectivity index (χ3n) is 2.06. The number of alkyl halides is 2. The maximum absolute atomic E-state index is 11.8. The van der Waals surface area contributed by atoms with Crippen LogP contribution in [-0.4, -0.2) is 6.61 Å². The first-order valence-corrected chi connectivity index (χ1v) is 4.22. The van der Waals surface area contributed by atoms with E-state index in [1.165, 1.54) is 0 Å². The van der Waals surface area contributed by atoms with Crippen molar-refractivity contribution in [3.8, 4) is 5.75 Å². The largest absolute Gasteiger partial charge is 0.434 e. The lowest BCUT2D eigenvalue weighted by Gasteiger charge is -2.04. The summed E-state index contributed by atoms with van der Waals surface area (Å²) in [5.74, 6) is 0.689. The topological polar surface area (TPSA) is 9.23 Å². The summed E-state index contributed by atoms with van der Waals surface area (Å²) in [6.07, 6.45) is 2.30. The first-order chi connectivity index (χ1) is 6.25. The molecular weight excluding hydrogens is 174 g/mol. The highest BCUT2D eigenvalue weighted by molar-refractivity contribution is 5.31. The average molecular weight is 183 g/mol. The first-order valence-electron chi connectivity index (χ1n) is 4.22. The summed E-state index contributed by atoms with van der Waals surface area (Å²) in [6, 6.07) is 7.79. The third-order valence-corrected chi connectivity index (χ3v) is 2.06. The predicted octanol–water partition coefficient (Wildman–Crippen LogP) is 2.97. The molecule has 0 unspecified atom stereocenters. The number of rotatable bonds is 3. The van der Waals surface area contributed by atoms with E-state index in [-0.39, 0.29) is 5.75 Å². The summed E-state index contributed by atoms with van der Waals surface area (Å²) >= 11 is 0. The summed E-state index contributed by atoms with van der Waals surface area (Å²) in [4.78, 5) is 0. The third kappa shape index (κ3) is 2.17. The van der Waals surface area contributed by atoms with Crippen molar-refractivity contribution in [3.63, 3.8) is 0 Å². The monoisotopic (exact) mass is 183 g/mol. The van der Waals surface area contributed by atoms with Crippen LogP contribution in [-0.2, 0) is 0 Å². The number of hydrogen-bond acceptors (Lipinski definition) is 1. The molecule has 0 N–H and O–H groups in total. The van der Waals surface area contributed by atoms with Gasteiger partial charge in [-0.15, -0.1) is 0 Å². The molecule has 69 valence electrons. The fourth-order valence-electron chi connectivity index (χ4n) is 1.30. The van der Waals surface area contributed by atoms with Gasteiger partial charge in [0.1, 0.15) is 5.75 Å². The molecule has 2 rings (SSSR count). The first kappa shape index (κ1) is 8.48. The number of ether oxygens (including phenoxy) is 1. The highest BCUT2D eigenvalue weighted by Crippen LogP contribution is 2.40. The molecule has 0 amide bonds. The van der Waals surface area contributed by atoms with Gasteiger partial charge in [0.25, 0.3) is 0 Å². The van der Waals surface area contributed by atoms with Crippen LogP contribution in [0.2, 0.25) is 0 Å². The smallest absolute Gasteiger partial charge is 0.387 e. The molecule has 0 heterocycles. The number of halogens is 2. The van der Waals surface area contributed by atoms with E-state index in [2.05, 4.69) is 10.8 Å². The van der Waals surface area contributed by atoms with Crippen LogP contribution < -0.4 is 4.74 Å². The van der Waals surface area contributed by atoms with Gasteiger partial charge < -0.3 is 4.74 Å². The quantitative estimate of drug-likeness (QED) is 0.700. The predicted molar refractivity (Wildman–Crippen MR) is 43.9 cm³/mol. The van der Waals surface area contributed by atoms with Crippen molar-refractivity contribution in [2.24, 2.45) is 0 Å². The maximum Gasteiger partial charge on any atom is 0.387 e. The minimum absolute atomic E-state index is 0.138. The molecule has 1 saturated carbocycles. The van der Waals surface area contributed by atoms with E-state index in [1.54, 1.807) is 12.1 Å². The van der Waals surface area contributed by atoms with Gasteiger partial charge in [0, 0.05) is 6.07 Å². The Morgan fingerprint density at radius 1 is 1.46 bits per heavy atom. The van der Waals surface area contributed by atoms with E-state index in [0.717, 1.165) is 18.4 Å². The van der Waals surface area contributed by atoms with Gasteiger partial charge in [-0.05, 0) is 30.4 Å². The Kier molecular flexibility index (Phi) is 2.17. The van der Waals surface area contributed by atoms with Gasteiger partial charge in [-0.1, -0.05) is 12.1 Å². The molecule has 13 heavy (non-hydrogen) atoms. The van der Waals surface area contributed by atoms with Gasteiger partial charge in [-0.3, -0.25) is 0 Å². The van der Waals surface area contributed by atoms with E-state index in [4.69, 9.17) is 0 Å². The zero-order valence-corrected chi connectivity index (χ0v) is 6.97. The van der Waals surface area contributed by atoms with Gasteiger partial charge in [-0.2, -0.15) is 8.78 Å². The standard InChI is InChI=1S/C10H9F2O/c11-10(12)13-9-3-1-2-8(6-9)7-4-5-7/h1-2,6-7,10H,4-5H2. The molecule has 3 heteroatoms. The van der Waals surface area contributed by atoms with Crippen LogP contribution in [0.5, 0.6) is 5.75 Å². The Labute approximate surface area is 75.3 Å². The average Bonchev–Trinajstić information content (AvgIpc) is 2.85. The normalized spacial score (nSPS) is 16.2. The van der Waals surface area contributed by atoms with Crippen molar-refractivity contribution in [1.82, 2.24) is 0 Å². The summed E-state index contributed by atoms with van der Waals surface area (Å²) in [5.41, 5.74) is 1.08. The Balaban J connectivity index is 2.12. The van der Waals surface area contributed by atoms with Crippen LogP contribution in [0.3, 0.4) is 0 Å². The van der Waals surface area contributed by atoms with Crippen LogP contribution >= 0.6 is 0 Å². The molecule has 1 radical (unpaired) electrons. The molecule has 0 spiro atoms. The Morgan fingerprint density at radius 2 is 2.23 bits per heavy atom. The zero-order chi connectivity index (χ0) is 9.26. The van der Waals surface area contributed by atoms with E-state index in [1.807, 2.05) is 6.07 Å². The molecule has 0 aliphatic heterocycles. The van der Waals surface area contributed by atoms with E-state index in [0.29, 0.717) is 5.92 Å². The van der Waals surface area contributed by atoms with Gasteiger partial charge >= 0.3 is 6.61 Å². The minimum Gasteiger partial charge on any atom is -0.434 e. The summed E-state index contributed by atoms with van der Waals surface area (Å²) in [5, 5.41) is 0. The second kappa shape index (κ2) is 3.32. The summed E-state index contributed by atoms with van der Waals surface area (Å²) in [7, 11) is 0. The second-order valence-corrected chi connectivity index (χ2v) is 3.14. The number of benzene rings is 1. The molecule has 1 aliphatic rings. The van der Waals surface area contributed by atoms with Crippen molar-refractivity contribution in [3.05, 3.63) is 29.8 Å². The lowest BCUT2D eigenvalue weighted by molar-refractivity contribution is -0.0500. The molecule has 1 fully saturated rings. The molecule has 1 aromatic rings. The van der Waals surface area contributed by atoms with Gasteiger partial charge in [-0.25, -0.2) is 0 Å². The summed E-state index contributed by atoms with van der Waals surface area (Å²) < 4.78 is 27.9. The number of hydrogen-bond donors (Lipinski definition) is 0. The molecule has 0 saturated heterocycles. The summed E-state index contributed by atoms with van der Waals surface area (Å²) in [6.45, 7) is -2.76. The maximum atomic E-state index is 11.8. The molecule has 0 aromatic heterocycles. The van der Waals surface area contributed by atoms with E-state index in [9.17, 15) is 8.78 Å². The van der Waals surface area contributed by atoms with Gasteiger partial charge in [0.05, 0.1) is 0 Å². The Morgan fingerprint density at radius 3 is 2.85 bits per heavy atom. The second-order valence-electron chi connectivity index (χ2n) is 3.14. The van der Waals surface area contributed by atoms with Crippen LogP contribution in [0, 0.1) is 6.07 Å². The van der Waals surface area contributed by atoms with Gasteiger partial charge in [0.15, 0.2) is 0 Å². The van der Waals surface area contributed by atoms with Crippen molar-refractivity contribution in [1.29, 1.82) is 0 Å².